The predicted octanol–water partition coefficient (Wildman–Crippen LogP) is 4.72. The number of hydrogen-bond donors (Lipinski definition) is 1. The number of esters is 1. The Morgan fingerprint density at radius 3 is 2.72 bits per heavy atom. The molecular formula is C20H19ClN2O2. The first-order valence-corrected chi connectivity index (χ1v) is 8.59. The van der Waals surface area contributed by atoms with Gasteiger partial charge in [0.15, 0.2) is 0 Å². The van der Waals surface area contributed by atoms with Crippen molar-refractivity contribution in [2.75, 3.05) is 18.5 Å². The quantitative estimate of drug-likeness (QED) is 0.651. The number of anilines is 1. The molecule has 128 valence electrons. The molecule has 0 amide bonds. The van der Waals surface area contributed by atoms with E-state index in [9.17, 15) is 4.79 Å². The molecule has 0 bridgehead atoms. The predicted molar refractivity (Wildman–Crippen MR) is 101 cm³/mol. The molecule has 0 aliphatic rings. The Balaban J connectivity index is 1.62. The minimum Gasteiger partial charge on any atom is -0.462 e. The van der Waals surface area contributed by atoms with Gasteiger partial charge in [-0.05, 0) is 55.3 Å². The number of nitrogens with one attached hydrogen (secondary N) is 1. The van der Waals surface area contributed by atoms with Crippen molar-refractivity contribution in [3.05, 3.63) is 70.9 Å². The number of aromatic nitrogens is 1. The zero-order valence-electron chi connectivity index (χ0n) is 14.0. The van der Waals surface area contributed by atoms with Gasteiger partial charge in [0.1, 0.15) is 0 Å². The highest BCUT2D eigenvalue weighted by Gasteiger charge is 2.06. The van der Waals surface area contributed by atoms with E-state index in [2.05, 4.69) is 10.3 Å². The van der Waals surface area contributed by atoms with Gasteiger partial charge in [0.25, 0.3) is 0 Å². The fourth-order valence-corrected chi connectivity index (χ4v) is 2.81. The normalized spacial score (nSPS) is 10.6. The van der Waals surface area contributed by atoms with Crippen LogP contribution in [0, 0.1) is 0 Å². The molecule has 0 aliphatic carbocycles. The third kappa shape index (κ3) is 4.28. The van der Waals surface area contributed by atoms with E-state index in [1.807, 2.05) is 36.4 Å². The molecule has 5 heteroatoms. The van der Waals surface area contributed by atoms with Gasteiger partial charge < -0.3 is 10.1 Å². The van der Waals surface area contributed by atoms with E-state index < -0.39 is 0 Å². The van der Waals surface area contributed by atoms with Gasteiger partial charge in [0.2, 0.25) is 0 Å². The molecule has 2 aromatic carbocycles. The SMILES string of the molecule is CCOC(=O)c1ccc(CCNc2ccnc3cc(Cl)ccc23)cc1. The lowest BCUT2D eigenvalue weighted by Gasteiger charge is -2.10. The molecule has 0 atom stereocenters. The first kappa shape index (κ1) is 17.2. The number of nitrogens with zero attached hydrogens (tertiary/aromatic N) is 1. The molecule has 3 rings (SSSR count). The molecule has 25 heavy (non-hydrogen) atoms. The third-order valence-corrected chi connectivity index (χ3v) is 4.13. The summed E-state index contributed by atoms with van der Waals surface area (Å²) < 4.78 is 4.99. The number of fused-ring (bicyclic) bond motifs is 1. The van der Waals surface area contributed by atoms with Crippen LogP contribution >= 0.6 is 11.6 Å². The van der Waals surface area contributed by atoms with Gasteiger partial charge in [-0.3, -0.25) is 4.98 Å². The summed E-state index contributed by atoms with van der Waals surface area (Å²) in [5, 5.41) is 5.16. The molecule has 0 fully saturated rings. The first-order chi connectivity index (χ1) is 12.2. The molecule has 0 radical (unpaired) electrons. The number of carbonyl (C=O) groups excluding carboxylic acids is 1. The van der Waals surface area contributed by atoms with E-state index in [1.54, 1.807) is 25.3 Å². The van der Waals surface area contributed by atoms with E-state index in [-0.39, 0.29) is 5.97 Å². The van der Waals surface area contributed by atoms with Crippen LogP contribution in [0.4, 0.5) is 5.69 Å². The van der Waals surface area contributed by atoms with Crippen molar-refractivity contribution in [1.29, 1.82) is 0 Å². The van der Waals surface area contributed by atoms with E-state index in [4.69, 9.17) is 16.3 Å². The van der Waals surface area contributed by atoms with Gasteiger partial charge in [0, 0.05) is 28.8 Å². The van der Waals surface area contributed by atoms with Crippen molar-refractivity contribution in [3.63, 3.8) is 0 Å². The maximum atomic E-state index is 11.7. The summed E-state index contributed by atoms with van der Waals surface area (Å²) in [5.74, 6) is -0.283. The van der Waals surface area contributed by atoms with Crippen LogP contribution in [-0.4, -0.2) is 24.1 Å². The Labute approximate surface area is 151 Å². The summed E-state index contributed by atoms with van der Waals surface area (Å²) in [6.45, 7) is 2.96. The van der Waals surface area contributed by atoms with E-state index in [0.29, 0.717) is 17.2 Å². The highest BCUT2D eigenvalue weighted by atomic mass is 35.5. The zero-order valence-corrected chi connectivity index (χ0v) is 14.7. The molecule has 0 saturated heterocycles. The van der Waals surface area contributed by atoms with E-state index in [1.165, 1.54) is 0 Å². The molecule has 0 aliphatic heterocycles. The van der Waals surface area contributed by atoms with Crippen LogP contribution in [0.1, 0.15) is 22.8 Å². The number of ether oxygens (including phenoxy) is 1. The Morgan fingerprint density at radius 1 is 1.16 bits per heavy atom. The monoisotopic (exact) mass is 354 g/mol. The molecule has 4 nitrogen and oxygen atoms in total. The van der Waals surface area contributed by atoms with Gasteiger partial charge in [-0.25, -0.2) is 4.79 Å². The van der Waals surface area contributed by atoms with Crippen molar-refractivity contribution in [3.8, 4) is 0 Å². The zero-order chi connectivity index (χ0) is 17.6. The molecule has 0 saturated carbocycles. The van der Waals surface area contributed by atoms with Crippen LogP contribution < -0.4 is 5.32 Å². The van der Waals surface area contributed by atoms with Crippen LogP contribution in [0.5, 0.6) is 0 Å². The standard InChI is InChI=1S/C20H19ClN2O2/c1-2-25-20(24)15-5-3-14(4-6-15)9-11-22-18-10-12-23-19-13-16(21)7-8-17(18)19/h3-8,10,12-13H,2,9,11H2,1H3,(H,22,23). The summed E-state index contributed by atoms with van der Waals surface area (Å²) >= 11 is 6.02. The van der Waals surface area contributed by atoms with Crippen molar-refractivity contribution >= 4 is 34.2 Å². The summed E-state index contributed by atoms with van der Waals surface area (Å²) in [5.41, 5.74) is 3.64. The largest absolute Gasteiger partial charge is 0.462 e. The number of benzene rings is 2. The number of hydrogen-bond acceptors (Lipinski definition) is 4. The molecule has 1 N–H and O–H groups in total. The Bertz CT molecular complexity index is 879. The Kier molecular flexibility index (Phi) is 5.51. The topological polar surface area (TPSA) is 51.2 Å². The van der Waals surface area contributed by atoms with Crippen molar-refractivity contribution < 1.29 is 9.53 Å². The second-order valence-corrected chi connectivity index (χ2v) is 6.05. The van der Waals surface area contributed by atoms with Crippen molar-refractivity contribution in [2.45, 2.75) is 13.3 Å². The molecule has 3 aromatic rings. The van der Waals surface area contributed by atoms with Crippen LogP contribution in [0.3, 0.4) is 0 Å². The highest BCUT2D eigenvalue weighted by molar-refractivity contribution is 6.31. The second kappa shape index (κ2) is 7.99. The van der Waals surface area contributed by atoms with Crippen LogP contribution in [0.15, 0.2) is 54.7 Å². The van der Waals surface area contributed by atoms with Gasteiger partial charge in [0.05, 0.1) is 17.7 Å². The number of halogens is 1. The maximum absolute atomic E-state index is 11.7. The van der Waals surface area contributed by atoms with Gasteiger partial charge in [-0.15, -0.1) is 0 Å². The van der Waals surface area contributed by atoms with Gasteiger partial charge >= 0.3 is 5.97 Å². The Hall–Kier alpha value is -2.59. The lowest BCUT2D eigenvalue weighted by atomic mass is 10.1. The molecule has 1 aromatic heterocycles. The minimum absolute atomic E-state index is 0.283. The fraction of sp³-hybridized carbons (Fsp3) is 0.200. The average molecular weight is 355 g/mol. The highest BCUT2D eigenvalue weighted by Crippen LogP contribution is 2.24. The lowest BCUT2D eigenvalue weighted by molar-refractivity contribution is 0.0526. The van der Waals surface area contributed by atoms with Gasteiger partial charge in [-0.2, -0.15) is 0 Å². The van der Waals surface area contributed by atoms with Crippen molar-refractivity contribution in [2.24, 2.45) is 0 Å². The van der Waals surface area contributed by atoms with Crippen LogP contribution in [0.25, 0.3) is 10.9 Å². The summed E-state index contributed by atoms with van der Waals surface area (Å²) in [6, 6.07) is 15.2. The van der Waals surface area contributed by atoms with Crippen LogP contribution in [-0.2, 0) is 11.2 Å². The molecule has 0 unspecified atom stereocenters. The second-order valence-electron chi connectivity index (χ2n) is 5.61. The fourth-order valence-electron chi connectivity index (χ4n) is 2.64. The van der Waals surface area contributed by atoms with Gasteiger partial charge in [-0.1, -0.05) is 23.7 Å². The smallest absolute Gasteiger partial charge is 0.338 e. The summed E-state index contributed by atoms with van der Waals surface area (Å²) in [6.07, 6.45) is 2.62. The summed E-state index contributed by atoms with van der Waals surface area (Å²) in [7, 11) is 0. The average Bonchev–Trinajstić information content (AvgIpc) is 2.62. The maximum Gasteiger partial charge on any atom is 0.338 e. The number of carbonyl (C=O) groups is 1. The van der Waals surface area contributed by atoms with Crippen molar-refractivity contribution in [1.82, 2.24) is 4.98 Å². The third-order valence-electron chi connectivity index (χ3n) is 3.90. The molecule has 0 spiro atoms. The van der Waals surface area contributed by atoms with Crippen LogP contribution in [0.2, 0.25) is 5.02 Å². The number of pyridine rings is 1. The van der Waals surface area contributed by atoms with E-state index in [0.717, 1.165) is 35.1 Å². The lowest BCUT2D eigenvalue weighted by Crippen LogP contribution is -2.07. The minimum atomic E-state index is -0.283. The molecule has 1 heterocycles. The summed E-state index contributed by atoms with van der Waals surface area (Å²) in [4.78, 5) is 16.0. The first-order valence-electron chi connectivity index (χ1n) is 8.21. The number of rotatable bonds is 6. The molecular weight excluding hydrogens is 336 g/mol. The Morgan fingerprint density at radius 2 is 1.96 bits per heavy atom. The van der Waals surface area contributed by atoms with E-state index >= 15 is 0 Å².